The molecule has 20 heavy (non-hydrogen) atoms. The number of carbonyl (C=O) groups is 1. The van der Waals surface area contributed by atoms with Crippen molar-refractivity contribution in [2.75, 3.05) is 19.6 Å². The van der Waals surface area contributed by atoms with Crippen LogP contribution in [0.25, 0.3) is 0 Å². The molecular formula is C16H23FN2O. The highest BCUT2D eigenvalue weighted by Gasteiger charge is 2.30. The van der Waals surface area contributed by atoms with Gasteiger partial charge in [0, 0.05) is 6.54 Å². The molecule has 4 heteroatoms. The summed E-state index contributed by atoms with van der Waals surface area (Å²) in [7, 11) is 0. The third kappa shape index (κ3) is 3.57. The highest BCUT2D eigenvalue weighted by atomic mass is 19.1. The van der Waals surface area contributed by atoms with Crippen LogP contribution in [0.15, 0.2) is 24.3 Å². The second-order valence-corrected chi connectivity index (χ2v) is 6.06. The maximum atomic E-state index is 13.3. The minimum Gasteiger partial charge on any atom is -0.355 e. The SMILES string of the molecule is CC(C)(C(=O)NCC1CCCNC1)c1cccc(F)c1. The summed E-state index contributed by atoms with van der Waals surface area (Å²) in [5.41, 5.74) is -0.0127. The Morgan fingerprint density at radius 1 is 1.50 bits per heavy atom. The highest BCUT2D eigenvalue weighted by molar-refractivity contribution is 5.87. The number of amides is 1. The van der Waals surface area contributed by atoms with E-state index in [0.717, 1.165) is 25.9 Å². The van der Waals surface area contributed by atoms with Crippen LogP contribution in [0.1, 0.15) is 32.3 Å². The molecule has 1 atom stereocenters. The van der Waals surface area contributed by atoms with E-state index in [2.05, 4.69) is 10.6 Å². The number of halogens is 1. The maximum Gasteiger partial charge on any atom is 0.230 e. The lowest BCUT2D eigenvalue weighted by Crippen LogP contribution is -2.44. The fourth-order valence-corrected chi connectivity index (χ4v) is 2.56. The molecule has 0 saturated carbocycles. The lowest BCUT2D eigenvalue weighted by molar-refractivity contribution is -0.125. The molecule has 1 aromatic carbocycles. The van der Waals surface area contributed by atoms with Crippen LogP contribution in [0, 0.1) is 11.7 Å². The molecule has 0 aliphatic carbocycles. The summed E-state index contributed by atoms with van der Waals surface area (Å²) in [6.45, 7) is 6.37. The van der Waals surface area contributed by atoms with E-state index in [-0.39, 0.29) is 11.7 Å². The molecule has 1 aromatic rings. The largest absolute Gasteiger partial charge is 0.355 e. The molecule has 0 spiro atoms. The van der Waals surface area contributed by atoms with Gasteiger partial charge < -0.3 is 10.6 Å². The number of carbonyl (C=O) groups excluding carboxylic acids is 1. The number of rotatable bonds is 4. The van der Waals surface area contributed by atoms with E-state index in [4.69, 9.17) is 0 Å². The Bertz CT molecular complexity index is 467. The van der Waals surface area contributed by atoms with Crippen molar-refractivity contribution in [1.29, 1.82) is 0 Å². The van der Waals surface area contributed by atoms with Crippen LogP contribution in [-0.2, 0) is 10.2 Å². The van der Waals surface area contributed by atoms with Crippen LogP contribution in [0.4, 0.5) is 4.39 Å². The topological polar surface area (TPSA) is 41.1 Å². The molecule has 2 rings (SSSR count). The molecule has 1 aliphatic rings. The average molecular weight is 278 g/mol. The average Bonchev–Trinajstić information content (AvgIpc) is 2.45. The van der Waals surface area contributed by atoms with Crippen molar-refractivity contribution in [3.05, 3.63) is 35.6 Å². The Morgan fingerprint density at radius 2 is 2.30 bits per heavy atom. The molecule has 1 unspecified atom stereocenters. The van der Waals surface area contributed by atoms with E-state index in [1.54, 1.807) is 12.1 Å². The van der Waals surface area contributed by atoms with Gasteiger partial charge in [0.05, 0.1) is 5.41 Å². The van der Waals surface area contributed by atoms with Crippen LogP contribution in [0.2, 0.25) is 0 Å². The molecule has 1 fully saturated rings. The first-order valence-corrected chi connectivity index (χ1v) is 7.25. The molecule has 0 aromatic heterocycles. The summed E-state index contributed by atoms with van der Waals surface area (Å²) < 4.78 is 13.3. The third-order valence-corrected chi connectivity index (χ3v) is 4.06. The predicted molar refractivity (Wildman–Crippen MR) is 78.0 cm³/mol. The highest BCUT2D eigenvalue weighted by Crippen LogP contribution is 2.24. The van der Waals surface area contributed by atoms with Gasteiger partial charge in [-0.3, -0.25) is 4.79 Å². The summed E-state index contributed by atoms with van der Waals surface area (Å²) in [4.78, 5) is 12.4. The monoisotopic (exact) mass is 278 g/mol. The smallest absolute Gasteiger partial charge is 0.230 e. The van der Waals surface area contributed by atoms with Crippen LogP contribution in [-0.4, -0.2) is 25.5 Å². The van der Waals surface area contributed by atoms with Crippen LogP contribution in [0.5, 0.6) is 0 Å². The van der Waals surface area contributed by atoms with Crippen LogP contribution in [0.3, 0.4) is 0 Å². The summed E-state index contributed by atoms with van der Waals surface area (Å²) in [5, 5.41) is 6.34. The van der Waals surface area contributed by atoms with Gasteiger partial charge in [-0.15, -0.1) is 0 Å². The Morgan fingerprint density at radius 3 is 2.95 bits per heavy atom. The molecule has 110 valence electrons. The van der Waals surface area contributed by atoms with E-state index in [1.807, 2.05) is 13.8 Å². The normalized spacial score (nSPS) is 19.6. The van der Waals surface area contributed by atoms with Crippen molar-refractivity contribution in [2.45, 2.75) is 32.1 Å². The van der Waals surface area contributed by atoms with Gasteiger partial charge >= 0.3 is 0 Å². The van der Waals surface area contributed by atoms with Gasteiger partial charge in [0.15, 0.2) is 0 Å². The molecule has 0 bridgehead atoms. The fourth-order valence-electron chi connectivity index (χ4n) is 2.56. The van der Waals surface area contributed by atoms with Gasteiger partial charge in [0.2, 0.25) is 5.91 Å². The van der Waals surface area contributed by atoms with Gasteiger partial charge in [-0.25, -0.2) is 4.39 Å². The van der Waals surface area contributed by atoms with Crippen LogP contribution >= 0.6 is 0 Å². The number of benzene rings is 1. The number of hydrogen-bond acceptors (Lipinski definition) is 2. The first-order valence-electron chi connectivity index (χ1n) is 7.25. The first kappa shape index (κ1) is 15.0. The predicted octanol–water partition coefficient (Wildman–Crippen LogP) is 2.22. The molecule has 1 heterocycles. The summed E-state index contributed by atoms with van der Waals surface area (Å²) in [6.07, 6.45) is 2.31. The summed E-state index contributed by atoms with van der Waals surface area (Å²) in [5.74, 6) is 0.143. The Hall–Kier alpha value is -1.42. The zero-order valence-corrected chi connectivity index (χ0v) is 12.2. The maximum absolute atomic E-state index is 13.3. The lowest BCUT2D eigenvalue weighted by atomic mass is 9.83. The second-order valence-electron chi connectivity index (χ2n) is 6.06. The zero-order chi connectivity index (χ0) is 14.6. The Balaban J connectivity index is 1.96. The van der Waals surface area contributed by atoms with E-state index < -0.39 is 5.41 Å². The van der Waals surface area contributed by atoms with Crippen molar-refractivity contribution in [2.24, 2.45) is 5.92 Å². The minimum atomic E-state index is -0.718. The van der Waals surface area contributed by atoms with Gasteiger partial charge in [-0.05, 0) is 63.4 Å². The molecule has 0 radical (unpaired) electrons. The quantitative estimate of drug-likeness (QED) is 0.886. The Labute approximate surface area is 120 Å². The van der Waals surface area contributed by atoms with E-state index in [1.165, 1.54) is 12.1 Å². The lowest BCUT2D eigenvalue weighted by Gasteiger charge is -2.27. The summed E-state index contributed by atoms with van der Waals surface area (Å²) in [6, 6.07) is 6.27. The van der Waals surface area contributed by atoms with E-state index in [0.29, 0.717) is 18.0 Å². The van der Waals surface area contributed by atoms with Crippen molar-refractivity contribution in [1.82, 2.24) is 10.6 Å². The Kier molecular flexibility index (Phi) is 4.76. The van der Waals surface area contributed by atoms with Gasteiger partial charge in [0.25, 0.3) is 0 Å². The fraction of sp³-hybridized carbons (Fsp3) is 0.562. The number of nitrogens with one attached hydrogen (secondary N) is 2. The standard InChI is InChI=1S/C16H23FN2O/c1-16(2,13-6-3-7-14(17)9-13)15(20)19-11-12-5-4-8-18-10-12/h3,6-7,9,12,18H,4-5,8,10-11H2,1-2H3,(H,19,20). The molecule has 1 aliphatic heterocycles. The van der Waals surface area contributed by atoms with Gasteiger partial charge in [0.1, 0.15) is 5.82 Å². The van der Waals surface area contributed by atoms with Crippen molar-refractivity contribution < 1.29 is 9.18 Å². The molecule has 1 amide bonds. The van der Waals surface area contributed by atoms with Crippen molar-refractivity contribution in [3.63, 3.8) is 0 Å². The van der Waals surface area contributed by atoms with Gasteiger partial charge in [-0.1, -0.05) is 12.1 Å². The van der Waals surface area contributed by atoms with Crippen molar-refractivity contribution >= 4 is 5.91 Å². The first-order chi connectivity index (χ1) is 9.50. The number of hydrogen-bond donors (Lipinski definition) is 2. The molecule has 2 N–H and O–H groups in total. The van der Waals surface area contributed by atoms with Crippen LogP contribution < -0.4 is 10.6 Å². The molecule has 1 saturated heterocycles. The third-order valence-electron chi connectivity index (χ3n) is 4.06. The van der Waals surface area contributed by atoms with Gasteiger partial charge in [-0.2, -0.15) is 0 Å². The molecular weight excluding hydrogens is 255 g/mol. The minimum absolute atomic E-state index is 0.0475. The summed E-state index contributed by atoms with van der Waals surface area (Å²) >= 11 is 0. The number of piperidine rings is 1. The second kappa shape index (κ2) is 6.35. The zero-order valence-electron chi connectivity index (χ0n) is 12.2. The molecule has 3 nitrogen and oxygen atoms in total. The van der Waals surface area contributed by atoms with Crippen molar-refractivity contribution in [3.8, 4) is 0 Å². The van der Waals surface area contributed by atoms with E-state index in [9.17, 15) is 9.18 Å². The van der Waals surface area contributed by atoms with E-state index >= 15 is 0 Å².